The quantitative estimate of drug-likeness (QED) is 0.241. The van der Waals surface area contributed by atoms with E-state index in [9.17, 15) is 32.4 Å². The van der Waals surface area contributed by atoms with Gasteiger partial charge in [-0.2, -0.15) is 0 Å². The molecule has 5 amide bonds. The number of hydrogen-bond acceptors (Lipinski definition) is 7. The molecule has 0 aromatic heterocycles. The number of carbonyl (C=O) groups is 5. The van der Waals surface area contributed by atoms with Crippen molar-refractivity contribution in [1.29, 1.82) is 0 Å². The van der Waals surface area contributed by atoms with Crippen molar-refractivity contribution in [2.45, 2.75) is 154 Å². The fourth-order valence-corrected chi connectivity index (χ4v) is 11.2. The minimum absolute atomic E-state index is 0.00878. The minimum atomic E-state index is -3.38. The van der Waals surface area contributed by atoms with Crippen LogP contribution in [0.5, 0.6) is 0 Å². The van der Waals surface area contributed by atoms with Gasteiger partial charge in [0.2, 0.25) is 17.6 Å². The number of urea groups is 1. The SMILES string of the molecule is CCC[C@H](NC(=O)[C@@H]1[C@@H]2[C@H](CN1C(=O)[C@@H](NC(=O)NC1([C@H]3CCCCS3(=O)=O)CCCCC1)C(C)(C)C)C2(C)C)C(=O)C(=O)NC1CC1. The molecule has 48 heavy (non-hydrogen) atoms. The summed E-state index contributed by atoms with van der Waals surface area (Å²) in [6.07, 6.45) is 8.25. The van der Waals surface area contributed by atoms with E-state index in [0.29, 0.717) is 45.1 Å². The molecule has 2 heterocycles. The lowest BCUT2D eigenvalue weighted by Crippen LogP contribution is -2.66. The van der Waals surface area contributed by atoms with Crippen LogP contribution in [0.2, 0.25) is 0 Å². The van der Waals surface area contributed by atoms with E-state index in [-0.39, 0.29) is 29.0 Å². The van der Waals surface area contributed by atoms with Gasteiger partial charge >= 0.3 is 6.03 Å². The maximum absolute atomic E-state index is 14.5. The zero-order valence-corrected chi connectivity index (χ0v) is 30.5. The average molecular weight is 692 g/mol. The third-order valence-electron chi connectivity index (χ3n) is 11.8. The first-order chi connectivity index (χ1) is 22.4. The van der Waals surface area contributed by atoms with Crippen LogP contribution in [0.3, 0.4) is 0 Å². The van der Waals surface area contributed by atoms with Crippen LogP contribution in [0.4, 0.5) is 4.79 Å². The highest BCUT2D eigenvalue weighted by Gasteiger charge is 2.70. The van der Waals surface area contributed by atoms with Crippen molar-refractivity contribution < 1.29 is 32.4 Å². The molecule has 12 nitrogen and oxygen atoms in total. The number of Topliss-reactive ketones (excluding diaryl/α,β-unsaturated/α-hetero) is 1. The Morgan fingerprint density at radius 2 is 1.58 bits per heavy atom. The van der Waals surface area contributed by atoms with Crippen LogP contribution in [-0.4, -0.2) is 90.1 Å². The molecule has 270 valence electrons. The van der Waals surface area contributed by atoms with E-state index in [1.807, 2.05) is 27.7 Å². The Bertz CT molecular complexity index is 1400. The lowest BCUT2D eigenvalue weighted by atomic mass is 9.77. The Morgan fingerprint density at radius 1 is 0.917 bits per heavy atom. The number of amides is 5. The second-order valence-electron chi connectivity index (χ2n) is 16.8. The van der Waals surface area contributed by atoms with E-state index >= 15 is 0 Å². The highest BCUT2D eigenvalue weighted by molar-refractivity contribution is 7.92. The van der Waals surface area contributed by atoms with Gasteiger partial charge in [0.15, 0.2) is 9.84 Å². The van der Waals surface area contributed by atoms with E-state index in [0.717, 1.165) is 38.5 Å². The molecule has 0 radical (unpaired) electrons. The molecular weight excluding hydrogens is 634 g/mol. The van der Waals surface area contributed by atoms with Gasteiger partial charge in [-0.15, -0.1) is 0 Å². The van der Waals surface area contributed by atoms with Crippen LogP contribution in [0.1, 0.15) is 119 Å². The Balaban J connectivity index is 1.34. The topological polar surface area (TPSA) is 171 Å². The number of carbonyl (C=O) groups excluding carboxylic acids is 5. The van der Waals surface area contributed by atoms with Crippen LogP contribution >= 0.6 is 0 Å². The van der Waals surface area contributed by atoms with Gasteiger partial charge in [-0.05, 0) is 67.6 Å². The van der Waals surface area contributed by atoms with Gasteiger partial charge in [0, 0.05) is 12.6 Å². The highest BCUT2D eigenvalue weighted by Crippen LogP contribution is 2.65. The molecule has 0 spiro atoms. The van der Waals surface area contributed by atoms with E-state index in [1.165, 1.54) is 0 Å². The summed E-state index contributed by atoms with van der Waals surface area (Å²) in [6.45, 7) is 11.9. The van der Waals surface area contributed by atoms with Crippen molar-refractivity contribution in [1.82, 2.24) is 26.2 Å². The maximum atomic E-state index is 14.5. The van der Waals surface area contributed by atoms with Gasteiger partial charge < -0.3 is 26.2 Å². The molecule has 2 aliphatic heterocycles. The Labute approximate surface area is 286 Å². The molecule has 5 aliphatic rings. The minimum Gasteiger partial charge on any atom is -0.347 e. The molecule has 0 aromatic rings. The summed E-state index contributed by atoms with van der Waals surface area (Å²) in [7, 11) is -3.38. The molecule has 6 atom stereocenters. The number of fused-ring (bicyclic) bond motifs is 1. The zero-order chi connectivity index (χ0) is 35.2. The normalized spacial score (nSPS) is 29.8. The molecule has 5 rings (SSSR count). The van der Waals surface area contributed by atoms with E-state index < -0.39 is 73.7 Å². The Hall–Kier alpha value is -2.70. The summed E-state index contributed by atoms with van der Waals surface area (Å²) in [5, 5.41) is 10.9. The van der Waals surface area contributed by atoms with Crippen molar-refractivity contribution in [3.8, 4) is 0 Å². The lowest BCUT2D eigenvalue weighted by molar-refractivity contribution is -0.145. The predicted molar refractivity (Wildman–Crippen MR) is 181 cm³/mol. The monoisotopic (exact) mass is 691 g/mol. The van der Waals surface area contributed by atoms with Crippen LogP contribution in [0.15, 0.2) is 0 Å². The number of nitrogens with zero attached hydrogens (tertiary/aromatic N) is 1. The first kappa shape index (κ1) is 36.6. The fourth-order valence-electron chi connectivity index (χ4n) is 8.76. The van der Waals surface area contributed by atoms with Gasteiger partial charge in [0.05, 0.1) is 22.6 Å². The third-order valence-corrected chi connectivity index (χ3v) is 14.2. The first-order valence-corrected chi connectivity index (χ1v) is 19.9. The van der Waals surface area contributed by atoms with Crippen molar-refractivity contribution in [2.75, 3.05) is 12.3 Å². The number of sulfone groups is 1. The molecule has 0 aromatic carbocycles. The highest BCUT2D eigenvalue weighted by atomic mass is 32.2. The second kappa shape index (κ2) is 13.5. The summed E-state index contributed by atoms with van der Waals surface area (Å²) >= 11 is 0. The Morgan fingerprint density at radius 3 is 2.17 bits per heavy atom. The van der Waals surface area contributed by atoms with Crippen molar-refractivity contribution in [2.24, 2.45) is 22.7 Å². The third kappa shape index (κ3) is 7.40. The fraction of sp³-hybridized carbons (Fsp3) is 0.857. The number of ketones is 1. The average Bonchev–Trinajstić information content (AvgIpc) is 3.85. The molecule has 3 aliphatic carbocycles. The number of rotatable bonds is 11. The smallest absolute Gasteiger partial charge is 0.315 e. The van der Waals surface area contributed by atoms with Crippen LogP contribution in [-0.2, 0) is 29.0 Å². The van der Waals surface area contributed by atoms with E-state index in [4.69, 9.17) is 0 Å². The van der Waals surface area contributed by atoms with E-state index in [2.05, 4.69) is 35.1 Å². The largest absolute Gasteiger partial charge is 0.347 e. The zero-order valence-electron chi connectivity index (χ0n) is 29.7. The maximum Gasteiger partial charge on any atom is 0.315 e. The Kier molecular flexibility index (Phi) is 10.3. The summed E-state index contributed by atoms with van der Waals surface area (Å²) < 4.78 is 26.5. The first-order valence-electron chi connectivity index (χ1n) is 18.2. The molecule has 0 bridgehead atoms. The van der Waals surface area contributed by atoms with Crippen LogP contribution < -0.4 is 21.3 Å². The van der Waals surface area contributed by atoms with Gasteiger partial charge in [-0.3, -0.25) is 19.2 Å². The number of likely N-dealkylation sites (tertiary alicyclic amines) is 1. The number of piperidine rings is 1. The summed E-state index contributed by atoms with van der Waals surface area (Å²) in [4.78, 5) is 69.6. The summed E-state index contributed by atoms with van der Waals surface area (Å²) in [5.41, 5.74) is -1.81. The molecule has 3 saturated carbocycles. The molecule has 4 N–H and O–H groups in total. The predicted octanol–water partition coefficient (Wildman–Crippen LogP) is 2.99. The van der Waals surface area contributed by atoms with Crippen LogP contribution in [0.25, 0.3) is 0 Å². The standard InChI is InChI=1S/C35H57N5O7S/c1-7-13-23(27(41)30(43)36-21-15-16-21)37-29(42)26-25-22(34(25,5)6)20-40(26)31(44)28(33(2,3)4)38-32(45)39-35(17-10-8-11-18-35)24-14-9-12-19-48(24,46)47/h21-26,28H,7-20H2,1-6H3,(H,36,43)(H,37,42)(H2,38,39,45)/t22-,23-,24+,25-,26-,28+/m0/s1. The van der Waals surface area contributed by atoms with Crippen molar-refractivity contribution >= 4 is 39.4 Å². The second-order valence-corrected chi connectivity index (χ2v) is 19.1. The van der Waals surface area contributed by atoms with Gasteiger partial charge in [-0.25, -0.2) is 13.2 Å². The van der Waals surface area contributed by atoms with Gasteiger partial charge in [-0.1, -0.05) is 73.6 Å². The van der Waals surface area contributed by atoms with Crippen LogP contribution in [0, 0.1) is 22.7 Å². The summed E-state index contributed by atoms with van der Waals surface area (Å²) in [5.74, 6) is -2.16. The number of nitrogens with one attached hydrogen (secondary N) is 4. The number of hydrogen-bond donors (Lipinski definition) is 4. The van der Waals surface area contributed by atoms with Gasteiger partial charge in [0.1, 0.15) is 12.1 Å². The molecule has 5 fully saturated rings. The molecule has 0 unspecified atom stereocenters. The van der Waals surface area contributed by atoms with Gasteiger partial charge in [0.25, 0.3) is 5.91 Å². The lowest BCUT2D eigenvalue weighted by Gasteiger charge is -2.45. The molecule has 13 heteroatoms. The van der Waals surface area contributed by atoms with Crippen molar-refractivity contribution in [3.05, 3.63) is 0 Å². The molecular formula is C35H57N5O7S. The van der Waals surface area contributed by atoms with E-state index in [1.54, 1.807) is 4.90 Å². The molecule has 2 saturated heterocycles. The summed E-state index contributed by atoms with van der Waals surface area (Å²) in [6, 6.07) is -3.43. The van der Waals surface area contributed by atoms with Crippen molar-refractivity contribution in [3.63, 3.8) is 0 Å².